The van der Waals surface area contributed by atoms with Crippen LogP contribution in [0.5, 0.6) is 11.5 Å². The third-order valence-electron chi connectivity index (χ3n) is 3.54. The fourth-order valence-electron chi connectivity index (χ4n) is 2.16. The second-order valence-electron chi connectivity index (χ2n) is 4.94. The molecule has 1 heterocycles. The van der Waals surface area contributed by atoms with Gasteiger partial charge in [0.05, 0.1) is 20.1 Å². The number of halogens is 1. The van der Waals surface area contributed by atoms with Crippen LogP contribution in [0.4, 0.5) is 0 Å². The van der Waals surface area contributed by atoms with Gasteiger partial charge in [-0.05, 0) is 30.5 Å². The van der Waals surface area contributed by atoms with E-state index in [2.05, 4.69) is 10.6 Å². The molecule has 0 unspecified atom stereocenters. The minimum atomic E-state index is 0. The lowest BCUT2D eigenvalue weighted by Gasteiger charge is -2.25. The normalized spacial score (nSPS) is 13.8. The summed E-state index contributed by atoms with van der Waals surface area (Å²) in [6.07, 6.45) is 1.82. The van der Waals surface area contributed by atoms with Gasteiger partial charge in [0.1, 0.15) is 0 Å². The van der Waals surface area contributed by atoms with Gasteiger partial charge in [0.15, 0.2) is 11.5 Å². The van der Waals surface area contributed by atoms with Gasteiger partial charge in [0, 0.05) is 19.6 Å². The summed E-state index contributed by atoms with van der Waals surface area (Å²) in [7, 11) is 3.26. The first-order valence-corrected chi connectivity index (χ1v) is 6.94. The molecule has 0 radical (unpaired) electrons. The molecule has 0 saturated carbocycles. The molecule has 0 atom stereocenters. The van der Waals surface area contributed by atoms with E-state index in [1.54, 1.807) is 14.2 Å². The topological polar surface area (TPSA) is 59.6 Å². The number of hydrogen-bond donors (Lipinski definition) is 2. The van der Waals surface area contributed by atoms with Gasteiger partial charge in [-0.3, -0.25) is 4.79 Å². The number of carbonyl (C=O) groups is 1. The largest absolute Gasteiger partial charge is 0.493 e. The lowest BCUT2D eigenvalue weighted by Crippen LogP contribution is -2.50. The quantitative estimate of drug-likeness (QED) is 0.747. The van der Waals surface area contributed by atoms with Gasteiger partial charge in [-0.1, -0.05) is 6.07 Å². The standard InChI is InChI=1S/C15H22N2O3.ClH/c1-19-13-6-5-11(8-14(13)20-2)4-3-7-17-15(18)12-9-16-10-12;/h5-6,8,12,16H,3-4,7,9-10H2,1-2H3,(H,17,18);1H. The number of rotatable bonds is 7. The highest BCUT2D eigenvalue weighted by atomic mass is 35.5. The van der Waals surface area contributed by atoms with Crippen LogP contribution in [-0.4, -0.2) is 39.8 Å². The molecular formula is C15H23ClN2O3. The van der Waals surface area contributed by atoms with Crippen molar-refractivity contribution in [3.05, 3.63) is 23.8 Å². The van der Waals surface area contributed by atoms with Gasteiger partial charge in [-0.15, -0.1) is 12.4 Å². The van der Waals surface area contributed by atoms with E-state index in [0.717, 1.165) is 37.4 Å². The van der Waals surface area contributed by atoms with E-state index in [9.17, 15) is 4.79 Å². The number of methoxy groups -OCH3 is 2. The van der Waals surface area contributed by atoms with E-state index >= 15 is 0 Å². The Hall–Kier alpha value is -1.46. The van der Waals surface area contributed by atoms with Gasteiger partial charge in [0.25, 0.3) is 0 Å². The maximum atomic E-state index is 11.6. The molecule has 1 saturated heterocycles. The fourth-order valence-corrected chi connectivity index (χ4v) is 2.16. The van der Waals surface area contributed by atoms with Crippen LogP contribution in [0, 0.1) is 5.92 Å². The molecule has 21 heavy (non-hydrogen) atoms. The first-order valence-electron chi connectivity index (χ1n) is 6.94. The SMILES string of the molecule is COc1ccc(CCCNC(=O)C2CNC2)cc1OC.Cl. The van der Waals surface area contributed by atoms with Crippen molar-refractivity contribution < 1.29 is 14.3 Å². The van der Waals surface area contributed by atoms with E-state index in [0.29, 0.717) is 6.54 Å². The average molecular weight is 315 g/mol. The lowest BCUT2D eigenvalue weighted by atomic mass is 10.0. The minimum Gasteiger partial charge on any atom is -0.493 e. The van der Waals surface area contributed by atoms with Crippen LogP contribution in [-0.2, 0) is 11.2 Å². The molecule has 1 aromatic carbocycles. The second-order valence-corrected chi connectivity index (χ2v) is 4.94. The van der Waals surface area contributed by atoms with Crippen molar-refractivity contribution in [2.24, 2.45) is 5.92 Å². The number of nitrogens with one attached hydrogen (secondary N) is 2. The third-order valence-corrected chi connectivity index (χ3v) is 3.54. The summed E-state index contributed by atoms with van der Waals surface area (Å²) in [6, 6.07) is 5.92. The maximum Gasteiger partial charge on any atom is 0.225 e. The van der Waals surface area contributed by atoms with Gasteiger partial charge in [-0.25, -0.2) is 0 Å². The highest BCUT2D eigenvalue weighted by molar-refractivity contribution is 5.85. The summed E-state index contributed by atoms with van der Waals surface area (Å²) in [5.74, 6) is 1.81. The summed E-state index contributed by atoms with van der Waals surface area (Å²) >= 11 is 0. The van der Waals surface area contributed by atoms with Crippen molar-refractivity contribution >= 4 is 18.3 Å². The predicted molar refractivity (Wildman–Crippen MR) is 84.5 cm³/mol. The summed E-state index contributed by atoms with van der Waals surface area (Å²) in [5, 5.41) is 6.07. The van der Waals surface area contributed by atoms with Crippen molar-refractivity contribution in [2.75, 3.05) is 33.9 Å². The highest BCUT2D eigenvalue weighted by Gasteiger charge is 2.23. The Morgan fingerprint density at radius 1 is 1.29 bits per heavy atom. The van der Waals surface area contributed by atoms with Crippen LogP contribution in [0.25, 0.3) is 0 Å². The molecule has 1 aliphatic rings. The van der Waals surface area contributed by atoms with Gasteiger partial charge >= 0.3 is 0 Å². The molecule has 1 aliphatic heterocycles. The smallest absolute Gasteiger partial charge is 0.225 e. The molecule has 118 valence electrons. The Kier molecular flexibility index (Phi) is 7.32. The number of hydrogen-bond acceptors (Lipinski definition) is 4. The van der Waals surface area contributed by atoms with Gasteiger partial charge < -0.3 is 20.1 Å². The zero-order valence-corrected chi connectivity index (χ0v) is 13.3. The molecule has 5 nitrogen and oxygen atoms in total. The third kappa shape index (κ3) is 4.79. The van der Waals surface area contributed by atoms with Crippen LogP contribution >= 0.6 is 12.4 Å². The summed E-state index contributed by atoms with van der Waals surface area (Å²) in [5.41, 5.74) is 1.18. The summed E-state index contributed by atoms with van der Waals surface area (Å²) in [4.78, 5) is 11.6. The number of benzene rings is 1. The van der Waals surface area contributed by atoms with E-state index in [4.69, 9.17) is 9.47 Å². The van der Waals surface area contributed by atoms with Crippen LogP contribution in [0.1, 0.15) is 12.0 Å². The molecule has 2 N–H and O–H groups in total. The highest BCUT2D eigenvalue weighted by Crippen LogP contribution is 2.27. The molecule has 1 fully saturated rings. The first-order chi connectivity index (χ1) is 9.74. The van der Waals surface area contributed by atoms with Crippen molar-refractivity contribution in [1.82, 2.24) is 10.6 Å². The Labute approximate surface area is 131 Å². The first kappa shape index (κ1) is 17.6. The predicted octanol–water partition coefficient (Wildman–Crippen LogP) is 1.39. The molecule has 0 bridgehead atoms. The van der Waals surface area contributed by atoms with Gasteiger partial charge in [-0.2, -0.15) is 0 Å². The second kappa shape index (κ2) is 8.74. The molecule has 0 spiro atoms. The Morgan fingerprint density at radius 3 is 2.57 bits per heavy atom. The zero-order valence-electron chi connectivity index (χ0n) is 12.5. The van der Waals surface area contributed by atoms with E-state index < -0.39 is 0 Å². The molecule has 0 aromatic heterocycles. The van der Waals surface area contributed by atoms with Crippen molar-refractivity contribution in [3.8, 4) is 11.5 Å². The molecule has 6 heteroatoms. The average Bonchev–Trinajstić information content (AvgIpc) is 2.41. The maximum absolute atomic E-state index is 11.6. The molecular weight excluding hydrogens is 292 g/mol. The molecule has 0 aliphatic carbocycles. The number of amides is 1. The monoisotopic (exact) mass is 314 g/mol. The number of ether oxygens (including phenoxy) is 2. The van der Waals surface area contributed by atoms with Gasteiger partial charge in [0.2, 0.25) is 5.91 Å². The van der Waals surface area contributed by atoms with E-state index in [-0.39, 0.29) is 24.2 Å². The summed E-state index contributed by atoms with van der Waals surface area (Å²) in [6.45, 7) is 2.33. The van der Waals surface area contributed by atoms with Crippen molar-refractivity contribution in [1.29, 1.82) is 0 Å². The van der Waals surface area contributed by atoms with E-state index in [1.165, 1.54) is 5.56 Å². The lowest BCUT2D eigenvalue weighted by molar-refractivity contribution is -0.126. The van der Waals surface area contributed by atoms with Crippen LogP contribution in [0.3, 0.4) is 0 Å². The fraction of sp³-hybridized carbons (Fsp3) is 0.533. The Bertz CT molecular complexity index is 464. The molecule has 1 aromatic rings. The van der Waals surface area contributed by atoms with Crippen molar-refractivity contribution in [2.45, 2.75) is 12.8 Å². The Morgan fingerprint density at radius 2 is 2.00 bits per heavy atom. The minimum absolute atomic E-state index is 0. The molecule has 1 amide bonds. The zero-order chi connectivity index (χ0) is 14.4. The van der Waals surface area contributed by atoms with Crippen LogP contribution in [0.2, 0.25) is 0 Å². The summed E-state index contributed by atoms with van der Waals surface area (Å²) < 4.78 is 10.5. The Balaban J connectivity index is 0.00000220. The van der Waals surface area contributed by atoms with Crippen molar-refractivity contribution in [3.63, 3.8) is 0 Å². The number of aryl methyl sites for hydroxylation is 1. The molecule has 2 rings (SSSR count). The van der Waals surface area contributed by atoms with E-state index in [1.807, 2.05) is 18.2 Å². The van der Waals surface area contributed by atoms with Crippen LogP contribution in [0.15, 0.2) is 18.2 Å². The van der Waals surface area contributed by atoms with Crippen LogP contribution < -0.4 is 20.1 Å². The number of carbonyl (C=O) groups excluding carboxylic acids is 1.